The van der Waals surface area contributed by atoms with E-state index in [1.165, 1.54) is 0 Å². The number of hydrogen-bond acceptors (Lipinski definition) is 7. The molecule has 0 spiro atoms. The Morgan fingerprint density at radius 2 is 2.08 bits per heavy atom. The first-order chi connectivity index (χ1) is 5.79. The molecule has 1 rings (SSSR count). The topological polar surface area (TPSA) is 118 Å². The fourth-order valence-corrected chi connectivity index (χ4v) is 0.578. The predicted octanol–water partition coefficient (Wildman–Crippen LogP) is -1.08. The van der Waals surface area contributed by atoms with Gasteiger partial charge in [0.15, 0.2) is 0 Å². The SMILES string of the molecule is [O-][n+]1onc(/C=N/O)c1/C=N\O. The summed E-state index contributed by atoms with van der Waals surface area (Å²) >= 11 is 0. The first-order valence-electron chi connectivity index (χ1n) is 2.74. The summed E-state index contributed by atoms with van der Waals surface area (Å²) in [6, 6.07) is 0. The third-order valence-electron chi connectivity index (χ3n) is 1.03. The molecule has 1 aromatic rings. The van der Waals surface area contributed by atoms with E-state index in [1.54, 1.807) is 0 Å². The average molecular weight is 172 g/mol. The molecule has 1 heterocycles. The molecule has 0 saturated carbocycles. The zero-order valence-corrected chi connectivity index (χ0v) is 5.65. The Hall–Kier alpha value is -2.12. The van der Waals surface area contributed by atoms with Crippen molar-refractivity contribution in [2.24, 2.45) is 10.3 Å². The quantitative estimate of drug-likeness (QED) is 0.254. The molecule has 0 amide bonds. The molecule has 8 heteroatoms. The molecule has 64 valence electrons. The largest absolute Gasteiger partial charge is 0.411 e. The second kappa shape index (κ2) is 3.32. The van der Waals surface area contributed by atoms with Gasteiger partial charge in [-0.05, 0) is 4.90 Å². The lowest BCUT2D eigenvalue weighted by Gasteiger charge is -1.84. The first kappa shape index (κ1) is 7.98. The van der Waals surface area contributed by atoms with E-state index in [9.17, 15) is 5.21 Å². The van der Waals surface area contributed by atoms with Gasteiger partial charge in [-0.25, -0.2) is 0 Å². The van der Waals surface area contributed by atoms with Crippen LogP contribution < -0.4 is 4.90 Å². The summed E-state index contributed by atoms with van der Waals surface area (Å²) in [4.78, 5) is 0.0106. The van der Waals surface area contributed by atoms with E-state index in [0.29, 0.717) is 0 Å². The minimum Gasteiger partial charge on any atom is -0.411 e. The molecule has 8 nitrogen and oxygen atoms in total. The molecule has 0 aliphatic carbocycles. The molecule has 0 radical (unpaired) electrons. The maximum absolute atomic E-state index is 10.6. The van der Waals surface area contributed by atoms with Gasteiger partial charge in [0.05, 0.1) is 0 Å². The summed E-state index contributed by atoms with van der Waals surface area (Å²) < 4.78 is 4.11. The average Bonchev–Trinajstić information content (AvgIpc) is 2.37. The highest BCUT2D eigenvalue weighted by Crippen LogP contribution is 1.93. The molecular weight excluding hydrogens is 168 g/mol. The van der Waals surface area contributed by atoms with Crippen LogP contribution in [0.4, 0.5) is 0 Å². The molecular formula is C4H4N4O4. The van der Waals surface area contributed by atoms with E-state index in [-0.39, 0.29) is 16.3 Å². The van der Waals surface area contributed by atoms with Crippen LogP contribution in [0.3, 0.4) is 0 Å². The lowest BCUT2D eigenvalue weighted by Crippen LogP contribution is -2.28. The van der Waals surface area contributed by atoms with Crippen LogP contribution >= 0.6 is 0 Å². The molecule has 0 bridgehead atoms. The maximum atomic E-state index is 10.6. The molecule has 0 aliphatic rings. The van der Waals surface area contributed by atoms with Crippen LogP contribution in [0, 0.1) is 5.21 Å². The van der Waals surface area contributed by atoms with Crippen molar-refractivity contribution in [3.63, 3.8) is 0 Å². The third-order valence-corrected chi connectivity index (χ3v) is 1.03. The number of rotatable bonds is 2. The Bertz CT molecular complexity index is 317. The van der Waals surface area contributed by atoms with Gasteiger partial charge < -0.3 is 15.6 Å². The zero-order chi connectivity index (χ0) is 8.97. The van der Waals surface area contributed by atoms with E-state index in [4.69, 9.17) is 10.4 Å². The Morgan fingerprint density at radius 3 is 2.67 bits per heavy atom. The lowest BCUT2D eigenvalue weighted by molar-refractivity contribution is -0.803. The smallest absolute Gasteiger partial charge is 0.271 e. The summed E-state index contributed by atoms with van der Waals surface area (Å²) in [5.41, 5.74) is -0.194. The van der Waals surface area contributed by atoms with Crippen LogP contribution in [0.2, 0.25) is 0 Å². The number of nitrogens with zero attached hydrogens (tertiary/aromatic N) is 4. The molecule has 0 unspecified atom stereocenters. The Balaban J connectivity index is 3.12. The van der Waals surface area contributed by atoms with Crippen molar-refractivity contribution in [1.29, 1.82) is 0 Å². The third kappa shape index (κ3) is 1.31. The second-order valence-electron chi connectivity index (χ2n) is 1.69. The first-order valence-corrected chi connectivity index (χ1v) is 2.74. The van der Waals surface area contributed by atoms with Gasteiger partial charge >= 0.3 is 0 Å². The van der Waals surface area contributed by atoms with Gasteiger partial charge in [0.2, 0.25) is 5.69 Å². The predicted molar refractivity (Wildman–Crippen MR) is 34.2 cm³/mol. The van der Waals surface area contributed by atoms with Crippen LogP contribution in [0.15, 0.2) is 14.9 Å². The monoisotopic (exact) mass is 172 g/mol. The second-order valence-corrected chi connectivity index (χ2v) is 1.69. The van der Waals surface area contributed by atoms with Gasteiger partial charge in [-0.2, -0.15) is 0 Å². The fourth-order valence-electron chi connectivity index (χ4n) is 0.578. The van der Waals surface area contributed by atoms with Gasteiger partial charge in [0, 0.05) is 5.16 Å². The van der Waals surface area contributed by atoms with E-state index in [1.807, 2.05) is 0 Å². The minimum absolute atomic E-state index is 0.0106. The fraction of sp³-hybridized carbons (Fsp3) is 0. The van der Waals surface area contributed by atoms with Crippen LogP contribution in [-0.4, -0.2) is 28.0 Å². The molecule has 0 fully saturated rings. The van der Waals surface area contributed by atoms with E-state index in [2.05, 4.69) is 20.1 Å². The summed E-state index contributed by atoms with van der Waals surface area (Å²) in [7, 11) is 0. The number of oxime groups is 2. The van der Waals surface area contributed by atoms with Crippen molar-refractivity contribution in [1.82, 2.24) is 5.16 Å². The highest BCUT2D eigenvalue weighted by molar-refractivity contribution is 5.88. The molecule has 0 atom stereocenters. The number of aromatic nitrogens is 2. The molecule has 12 heavy (non-hydrogen) atoms. The van der Waals surface area contributed by atoms with Crippen LogP contribution in [0.1, 0.15) is 11.4 Å². The van der Waals surface area contributed by atoms with Crippen LogP contribution in [0.25, 0.3) is 0 Å². The molecule has 0 saturated heterocycles. The summed E-state index contributed by atoms with van der Waals surface area (Å²) in [6.45, 7) is 0. The van der Waals surface area contributed by atoms with Gasteiger partial charge in [-0.1, -0.05) is 10.3 Å². The highest BCUT2D eigenvalue weighted by Gasteiger charge is 2.14. The van der Waals surface area contributed by atoms with Crippen molar-refractivity contribution < 1.29 is 19.9 Å². The number of hydrogen-bond donors (Lipinski definition) is 2. The zero-order valence-electron chi connectivity index (χ0n) is 5.65. The minimum atomic E-state index is -0.157. The van der Waals surface area contributed by atoms with Crippen molar-refractivity contribution in [2.75, 3.05) is 0 Å². The Morgan fingerprint density at radius 1 is 1.42 bits per heavy atom. The van der Waals surface area contributed by atoms with Crippen LogP contribution in [-0.2, 0) is 0 Å². The van der Waals surface area contributed by atoms with E-state index >= 15 is 0 Å². The van der Waals surface area contributed by atoms with Crippen molar-refractivity contribution >= 4 is 12.4 Å². The normalized spacial score (nSPS) is 11.7. The van der Waals surface area contributed by atoms with Crippen molar-refractivity contribution in [3.8, 4) is 0 Å². The summed E-state index contributed by atoms with van der Waals surface area (Å²) in [5.74, 6) is 0. The van der Waals surface area contributed by atoms with Gasteiger partial charge in [0.1, 0.15) is 12.4 Å². The standard InChI is InChI=1S/C4H4N4O4/c9-5-1-3-4(2-6-10)8(11)12-7-3/h1-2,9-10H/b5-1+,6-2-. The van der Waals surface area contributed by atoms with Gasteiger partial charge in [-0.15, -0.1) is 0 Å². The Labute approximate surface area is 65.5 Å². The lowest BCUT2D eigenvalue weighted by atomic mass is 10.3. The van der Waals surface area contributed by atoms with Gasteiger partial charge in [-0.3, -0.25) is 4.63 Å². The molecule has 0 aromatic carbocycles. The summed E-state index contributed by atoms with van der Waals surface area (Å²) in [6.07, 6.45) is 1.68. The van der Waals surface area contributed by atoms with Gasteiger partial charge in [0.25, 0.3) is 5.69 Å². The molecule has 0 aliphatic heterocycles. The highest BCUT2D eigenvalue weighted by atomic mass is 16.8. The van der Waals surface area contributed by atoms with E-state index in [0.717, 1.165) is 12.4 Å². The van der Waals surface area contributed by atoms with Crippen LogP contribution in [0.5, 0.6) is 0 Å². The maximum Gasteiger partial charge on any atom is 0.271 e. The van der Waals surface area contributed by atoms with E-state index < -0.39 is 0 Å². The van der Waals surface area contributed by atoms with Crippen molar-refractivity contribution in [2.45, 2.75) is 0 Å². The molecule has 2 N–H and O–H groups in total. The van der Waals surface area contributed by atoms with Crippen molar-refractivity contribution in [3.05, 3.63) is 16.6 Å². The Kier molecular flexibility index (Phi) is 2.21. The summed E-state index contributed by atoms with van der Waals surface area (Å²) in [5, 5.41) is 35.2. The molecule has 1 aromatic heterocycles.